The lowest BCUT2D eigenvalue weighted by molar-refractivity contribution is 0.615. The minimum Gasteiger partial charge on any atom is -0.358 e. The van der Waals surface area contributed by atoms with Crippen LogP contribution in [0.4, 0.5) is 4.39 Å². The van der Waals surface area contributed by atoms with Crippen molar-refractivity contribution in [2.45, 2.75) is 38.6 Å². The first kappa shape index (κ1) is 10.8. The summed E-state index contributed by atoms with van der Waals surface area (Å²) in [6.45, 7) is 1.94. The number of aromatic amines is 1. The molecule has 3 N–H and O–H groups in total. The minimum absolute atomic E-state index is 0.0439. The van der Waals surface area contributed by atoms with Gasteiger partial charge in [0.05, 0.1) is 0 Å². The number of benzene rings is 1. The summed E-state index contributed by atoms with van der Waals surface area (Å²) < 4.78 is 13.5. The lowest BCUT2D eigenvalue weighted by Crippen LogP contribution is -2.09. The summed E-state index contributed by atoms with van der Waals surface area (Å²) in [6.07, 6.45) is 4.34. The van der Waals surface area contributed by atoms with Crippen molar-refractivity contribution in [3.05, 3.63) is 34.8 Å². The zero-order valence-corrected chi connectivity index (χ0v) is 10.0. The maximum absolute atomic E-state index is 13.5. The fourth-order valence-corrected chi connectivity index (χ4v) is 2.93. The molecule has 1 aliphatic rings. The lowest BCUT2D eigenvalue weighted by atomic mass is 10.0. The Morgan fingerprint density at radius 2 is 2.18 bits per heavy atom. The second kappa shape index (κ2) is 3.84. The molecule has 17 heavy (non-hydrogen) atoms. The van der Waals surface area contributed by atoms with Gasteiger partial charge in [-0.1, -0.05) is 6.42 Å². The number of halogens is 1. The van der Waals surface area contributed by atoms with E-state index >= 15 is 0 Å². The van der Waals surface area contributed by atoms with Crippen molar-refractivity contribution in [1.82, 2.24) is 4.98 Å². The second-order valence-electron chi connectivity index (χ2n) is 5.01. The summed E-state index contributed by atoms with van der Waals surface area (Å²) in [5.74, 6) is -0.173. The van der Waals surface area contributed by atoms with Gasteiger partial charge in [-0.15, -0.1) is 0 Å². The molecule has 1 aromatic carbocycles. The van der Waals surface area contributed by atoms with Crippen molar-refractivity contribution in [3.63, 3.8) is 0 Å². The average molecular weight is 232 g/mol. The molecule has 2 aromatic rings. The van der Waals surface area contributed by atoms with Gasteiger partial charge < -0.3 is 10.7 Å². The second-order valence-corrected chi connectivity index (χ2v) is 5.01. The van der Waals surface area contributed by atoms with Crippen LogP contribution in [0.2, 0.25) is 0 Å². The van der Waals surface area contributed by atoms with Gasteiger partial charge in [-0.05, 0) is 49.4 Å². The monoisotopic (exact) mass is 232 g/mol. The van der Waals surface area contributed by atoms with Crippen molar-refractivity contribution in [2.24, 2.45) is 5.73 Å². The Kier molecular flexibility index (Phi) is 2.44. The van der Waals surface area contributed by atoms with E-state index < -0.39 is 0 Å². The molecule has 0 saturated heterocycles. The molecule has 0 spiro atoms. The molecule has 1 atom stereocenters. The first-order valence-electron chi connectivity index (χ1n) is 6.23. The maximum atomic E-state index is 13.5. The van der Waals surface area contributed by atoms with Crippen molar-refractivity contribution < 1.29 is 4.39 Å². The Hall–Kier alpha value is -1.35. The van der Waals surface area contributed by atoms with Crippen LogP contribution in [0.15, 0.2) is 12.1 Å². The molecule has 0 aliphatic heterocycles. The first-order valence-corrected chi connectivity index (χ1v) is 6.23. The summed E-state index contributed by atoms with van der Waals surface area (Å²) in [7, 11) is 0. The standard InChI is InChI=1S/C14H17FN2/c1-8-6-9(15)7-10-13-11(16)4-2-3-5-12(13)17-14(8)10/h6-7,11,17H,2-5,16H2,1H3. The normalized spacial score (nSPS) is 20.3. The molecule has 3 rings (SSSR count). The number of hydrogen-bond acceptors (Lipinski definition) is 1. The van der Waals surface area contributed by atoms with Crippen molar-refractivity contribution in [1.29, 1.82) is 0 Å². The van der Waals surface area contributed by atoms with Gasteiger partial charge in [0.1, 0.15) is 5.82 Å². The molecule has 0 saturated carbocycles. The number of hydrogen-bond donors (Lipinski definition) is 2. The summed E-state index contributed by atoms with van der Waals surface area (Å²) in [4.78, 5) is 3.44. The third-order valence-electron chi connectivity index (χ3n) is 3.75. The summed E-state index contributed by atoms with van der Waals surface area (Å²) in [6, 6.07) is 3.23. The van der Waals surface area contributed by atoms with E-state index in [0.29, 0.717) is 0 Å². The fourth-order valence-electron chi connectivity index (χ4n) is 2.93. The van der Waals surface area contributed by atoms with E-state index in [0.717, 1.165) is 47.7 Å². The molecule has 2 nitrogen and oxygen atoms in total. The molecular formula is C14H17FN2. The molecule has 0 radical (unpaired) electrons. The Bertz CT molecular complexity index is 571. The average Bonchev–Trinajstić information content (AvgIpc) is 2.53. The highest BCUT2D eigenvalue weighted by atomic mass is 19.1. The molecule has 0 fully saturated rings. The number of rotatable bonds is 0. The van der Waals surface area contributed by atoms with E-state index in [1.807, 2.05) is 6.92 Å². The van der Waals surface area contributed by atoms with Gasteiger partial charge >= 0.3 is 0 Å². The number of aromatic nitrogens is 1. The largest absolute Gasteiger partial charge is 0.358 e. The Morgan fingerprint density at radius 3 is 3.00 bits per heavy atom. The third kappa shape index (κ3) is 1.65. The van der Waals surface area contributed by atoms with E-state index in [9.17, 15) is 4.39 Å². The van der Waals surface area contributed by atoms with E-state index in [1.165, 1.54) is 5.69 Å². The van der Waals surface area contributed by atoms with Gasteiger partial charge in [-0.2, -0.15) is 0 Å². The number of fused-ring (bicyclic) bond motifs is 3. The van der Waals surface area contributed by atoms with Crippen molar-refractivity contribution in [2.75, 3.05) is 0 Å². The third-order valence-corrected chi connectivity index (χ3v) is 3.75. The van der Waals surface area contributed by atoms with Crippen LogP contribution in [0.25, 0.3) is 10.9 Å². The Morgan fingerprint density at radius 1 is 1.35 bits per heavy atom. The van der Waals surface area contributed by atoms with Crippen LogP contribution >= 0.6 is 0 Å². The Labute approximate surface area is 100 Å². The molecule has 0 bridgehead atoms. The number of aryl methyl sites for hydroxylation is 2. The quantitative estimate of drug-likeness (QED) is 0.672. The summed E-state index contributed by atoms with van der Waals surface area (Å²) in [5, 5.41) is 0.979. The first-order chi connectivity index (χ1) is 8.16. The number of nitrogens with two attached hydrogens (primary N) is 1. The van der Waals surface area contributed by atoms with Crippen LogP contribution in [0.5, 0.6) is 0 Å². The van der Waals surface area contributed by atoms with Crippen LogP contribution in [0, 0.1) is 12.7 Å². The number of nitrogens with one attached hydrogen (secondary N) is 1. The molecule has 0 amide bonds. The predicted molar refractivity (Wildman–Crippen MR) is 67.5 cm³/mol. The van der Waals surface area contributed by atoms with E-state index in [2.05, 4.69) is 4.98 Å². The predicted octanol–water partition coefficient (Wildman–Crippen LogP) is 3.34. The van der Waals surface area contributed by atoms with Crippen LogP contribution in [0.1, 0.15) is 42.1 Å². The van der Waals surface area contributed by atoms with Crippen LogP contribution in [-0.2, 0) is 6.42 Å². The van der Waals surface area contributed by atoms with Crippen molar-refractivity contribution >= 4 is 10.9 Å². The zero-order valence-electron chi connectivity index (χ0n) is 10.0. The highest BCUT2D eigenvalue weighted by Crippen LogP contribution is 2.34. The van der Waals surface area contributed by atoms with Gasteiger partial charge in [-0.25, -0.2) is 4.39 Å². The molecule has 1 aromatic heterocycles. The van der Waals surface area contributed by atoms with Gasteiger partial charge in [0, 0.05) is 22.6 Å². The minimum atomic E-state index is -0.173. The molecular weight excluding hydrogens is 215 g/mol. The molecule has 1 unspecified atom stereocenters. The highest BCUT2D eigenvalue weighted by Gasteiger charge is 2.21. The van der Waals surface area contributed by atoms with E-state index in [1.54, 1.807) is 12.1 Å². The van der Waals surface area contributed by atoms with E-state index in [-0.39, 0.29) is 11.9 Å². The SMILES string of the molecule is Cc1cc(F)cc2c3c([nH]c12)CCCCC3N. The van der Waals surface area contributed by atoms with E-state index in [4.69, 9.17) is 5.73 Å². The van der Waals surface area contributed by atoms with Crippen LogP contribution < -0.4 is 5.73 Å². The maximum Gasteiger partial charge on any atom is 0.124 e. The van der Waals surface area contributed by atoms with Crippen molar-refractivity contribution in [3.8, 4) is 0 Å². The summed E-state index contributed by atoms with van der Waals surface area (Å²) >= 11 is 0. The smallest absolute Gasteiger partial charge is 0.124 e. The highest BCUT2D eigenvalue weighted by molar-refractivity contribution is 5.88. The van der Waals surface area contributed by atoms with Gasteiger partial charge in [-0.3, -0.25) is 0 Å². The molecule has 1 aliphatic carbocycles. The van der Waals surface area contributed by atoms with Gasteiger partial charge in [0.15, 0.2) is 0 Å². The lowest BCUT2D eigenvalue weighted by Gasteiger charge is -2.09. The number of H-pyrrole nitrogens is 1. The fraction of sp³-hybridized carbons (Fsp3) is 0.429. The van der Waals surface area contributed by atoms with Crippen LogP contribution in [0.3, 0.4) is 0 Å². The zero-order chi connectivity index (χ0) is 12.0. The van der Waals surface area contributed by atoms with Gasteiger partial charge in [0.2, 0.25) is 0 Å². The van der Waals surface area contributed by atoms with Crippen LogP contribution in [-0.4, -0.2) is 4.98 Å². The topological polar surface area (TPSA) is 41.8 Å². The summed E-state index contributed by atoms with van der Waals surface area (Å²) in [5.41, 5.74) is 10.6. The molecule has 1 heterocycles. The van der Waals surface area contributed by atoms with Gasteiger partial charge in [0.25, 0.3) is 0 Å². The molecule has 90 valence electrons. The Balaban J connectivity index is 2.32. The molecule has 3 heteroatoms.